The van der Waals surface area contributed by atoms with Gasteiger partial charge in [0.05, 0.1) is 6.20 Å². The quantitative estimate of drug-likeness (QED) is 0.810. The molecule has 1 aromatic rings. The van der Waals surface area contributed by atoms with Gasteiger partial charge in [-0.1, -0.05) is 0 Å². The molecule has 2 heterocycles. The highest BCUT2D eigenvalue weighted by atomic mass is 15.2. The third-order valence-corrected chi connectivity index (χ3v) is 3.67. The molecule has 1 aromatic heterocycles. The molecule has 0 bridgehead atoms. The standard InChI is InChI=1S/C12H22N4/c1-9(12-8-14-15-10(12)2)13-7-11-5-4-6-16(11)3/h8-9,11,13H,4-7H2,1-3H3,(H,14,15). The molecule has 2 N–H and O–H groups in total. The summed E-state index contributed by atoms with van der Waals surface area (Å²) in [4.78, 5) is 2.45. The fourth-order valence-corrected chi connectivity index (χ4v) is 2.46. The van der Waals surface area contributed by atoms with Gasteiger partial charge in [0.15, 0.2) is 0 Å². The molecule has 0 aromatic carbocycles. The number of rotatable bonds is 4. The topological polar surface area (TPSA) is 44.0 Å². The van der Waals surface area contributed by atoms with E-state index in [1.807, 2.05) is 6.20 Å². The van der Waals surface area contributed by atoms with Gasteiger partial charge in [-0.05, 0) is 40.3 Å². The summed E-state index contributed by atoms with van der Waals surface area (Å²) in [5.74, 6) is 0. The third kappa shape index (κ3) is 2.44. The van der Waals surface area contributed by atoms with Crippen molar-refractivity contribution in [3.63, 3.8) is 0 Å². The van der Waals surface area contributed by atoms with E-state index in [9.17, 15) is 0 Å². The average molecular weight is 222 g/mol. The Hall–Kier alpha value is -0.870. The van der Waals surface area contributed by atoms with Crippen molar-refractivity contribution in [1.29, 1.82) is 0 Å². The van der Waals surface area contributed by atoms with Crippen LogP contribution < -0.4 is 5.32 Å². The van der Waals surface area contributed by atoms with Crippen molar-refractivity contribution < 1.29 is 0 Å². The van der Waals surface area contributed by atoms with Crippen molar-refractivity contribution >= 4 is 0 Å². The molecule has 0 aliphatic carbocycles. The first-order chi connectivity index (χ1) is 7.68. The number of aromatic nitrogens is 2. The predicted octanol–water partition coefficient (Wildman–Crippen LogP) is 1.46. The number of nitrogens with one attached hydrogen (secondary N) is 2. The highest BCUT2D eigenvalue weighted by molar-refractivity contribution is 5.18. The summed E-state index contributed by atoms with van der Waals surface area (Å²) < 4.78 is 0. The monoisotopic (exact) mass is 222 g/mol. The van der Waals surface area contributed by atoms with Gasteiger partial charge in [-0.2, -0.15) is 5.10 Å². The Balaban J connectivity index is 1.84. The first-order valence-electron chi connectivity index (χ1n) is 6.12. The molecule has 1 saturated heterocycles. The second-order valence-electron chi connectivity index (χ2n) is 4.86. The van der Waals surface area contributed by atoms with Crippen LogP contribution in [0.1, 0.15) is 37.1 Å². The Morgan fingerprint density at radius 2 is 2.50 bits per heavy atom. The Kier molecular flexibility index (Phi) is 3.61. The Labute approximate surface area is 97.4 Å². The average Bonchev–Trinajstić information content (AvgIpc) is 2.84. The van der Waals surface area contributed by atoms with E-state index in [0.29, 0.717) is 12.1 Å². The first kappa shape index (κ1) is 11.6. The maximum absolute atomic E-state index is 4.06. The fraction of sp³-hybridized carbons (Fsp3) is 0.750. The number of aryl methyl sites for hydroxylation is 1. The molecule has 90 valence electrons. The zero-order chi connectivity index (χ0) is 11.5. The molecular weight excluding hydrogens is 200 g/mol. The molecule has 1 fully saturated rings. The molecule has 2 rings (SSSR count). The Morgan fingerprint density at radius 3 is 3.06 bits per heavy atom. The molecule has 0 spiro atoms. The molecule has 1 aliphatic rings. The minimum atomic E-state index is 0.382. The number of hydrogen-bond donors (Lipinski definition) is 2. The van der Waals surface area contributed by atoms with Crippen LogP contribution in [0.5, 0.6) is 0 Å². The van der Waals surface area contributed by atoms with Crippen molar-refractivity contribution in [2.75, 3.05) is 20.1 Å². The van der Waals surface area contributed by atoms with Crippen LogP contribution in [0.3, 0.4) is 0 Å². The number of likely N-dealkylation sites (tertiary alicyclic amines) is 1. The molecule has 4 heteroatoms. The second-order valence-corrected chi connectivity index (χ2v) is 4.86. The van der Waals surface area contributed by atoms with Crippen molar-refractivity contribution in [2.24, 2.45) is 0 Å². The number of hydrogen-bond acceptors (Lipinski definition) is 3. The van der Waals surface area contributed by atoms with Gasteiger partial charge < -0.3 is 10.2 Å². The third-order valence-electron chi connectivity index (χ3n) is 3.67. The van der Waals surface area contributed by atoms with Gasteiger partial charge >= 0.3 is 0 Å². The molecule has 16 heavy (non-hydrogen) atoms. The smallest absolute Gasteiger partial charge is 0.0537 e. The molecular formula is C12H22N4. The summed E-state index contributed by atoms with van der Waals surface area (Å²) in [6.07, 6.45) is 4.58. The van der Waals surface area contributed by atoms with Crippen LogP contribution in [0.25, 0.3) is 0 Å². The van der Waals surface area contributed by atoms with Crippen LogP contribution >= 0.6 is 0 Å². The summed E-state index contributed by atoms with van der Waals surface area (Å²) in [7, 11) is 2.22. The molecule has 0 amide bonds. The molecule has 4 nitrogen and oxygen atoms in total. The summed E-state index contributed by atoms with van der Waals surface area (Å²) in [5.41, 5.74) is 2.44. The summed E-state index contributed by atoms with van der Waals surface area (Å²) >= 11 is 0. The Morgan fingerprint density at radius 1 is 1.69 bits per heavy atom. The number of H-pyrrole nitrogens is 1. The largest absolute Gasteiger partial charge is 0.309 e. The fourth-order valence-electron chi connectivity index (χ4n) is 2.46. The van der Waals surface area contributed by atoms with Crippen molar-refractivity contribution in [2.45, 2.75) is 38.8 Å². The van der Waals surface area contributed by atoms with E-state index in [-0.39, 0.29) is 0 Å². The lowest BCUT2D eigenvalue weighted by Gasteiger charge is -2.22. The van der Waals surface area contributed by atoms with E-state index in [2.05, 4.69) is 41.3 Å². The molecule has 0 saturated carbocycles. The minimum Gasteiger partial charge on any atom is -0.309 e. The van der Waals surface area contributed by atoms with Gasteiger partial charge in [-0.3, -0.25) is 5.10 Å². The maximum atomic E-state index is 4.06. The second kappa shape index (κ2) is 4.97. The van der Waals surface area contributed by atoms with Crippen LogP contribution in [-0.2, 0) is 0 Å². The summed E-state index contributed by atoms with van der Waals surface area (Å²) in [6, 6.07) is 1.09. The zero-order valence-corrected chi connectivity index (χ0v) is 10.5. The Bertz CT molecular complexity index is 334. The predicted molar refractivity (Wildman–Crippen MR) is 65.4 cm³/mol. The van der Waals surface area contributed by atoms with Gasteiger partial charge in [0.25, 0.3) is 0 Å². The summed E-state index contributed by atoms with van der Waals surface area (Å²) in [6.45, 7) is 6.59. The molecule has 0 radical (unpaired) electrons. The number of aromatic amines is 1. The molecule has 1 aliphatic heterocycles. The van der Waals surface area contributed by atoms with Gasteiger partial charge in [-0.15, -0.1) is 0 Å². The minimum absolute atomic E-state index is 0.382. The van der Waals surface area contributed by atoms with E-state index in [1.54, 1.807) is 0 Å². The summed E-state index contributed by atoms with van der Waals surface area (Å²) in [5, 5.41) is 10.6. The molecule has 2 atom stereocenters. The highest BCUT2D eigenvalue weighted by Gasteiger charge is 2.21. The zero-order valence-electron chi connectivity index (χ0n) is 10.5. The normalized spacial score (nSPS) is 23.8. The van der Waals surface area contributed by atoms with E-state index in [0.717, 1.165) is 6.54 Å². The lowest BCUT2D eigenvalue weighted by Crippen LogP contribution is -2.36. The number of nitrogens with zero attached hydrogens (tertiary/aromatic N) is 2. The van der Waals surface area contributed by atoms with Gasteiger partial charge in [0, 0.05) is 29.9 Å². The number of likely N-dealkylation sites (N-methyl/N-ethyl adjacent to an activating group) is 1. The van der Waals surface area contributed by atoms with Crippen molar-refractivity contribution in [3.8, 4) is 0 Å². The van der Waals surface area contributed by atoms with E-state index in [1.165, 1.54) is 30.6 Å². The van der Waals surface area contributed by atoms with Crippen LogP contribution in [0.15, 0.2) is 6.20 Å². The highest BCUT2D eigenvalue weighted by Crippen LogP contribution is 2.17. The lowest BCUT2D eigenvalue weighted by molar-refractivity contribution is 0.293. The van der Waals surface area contributed by atoms with Crippen LogP contribution in [0, 0.1) is 6.92 Å². The lowest BCUT2D eigenvalue weighted by atomic mass is 10.1. The van der Waals surface area contributed by atoms with E-state index < -0.39 is 0 Å². The van der Waals surface area contributed by atoms with Crippen LogP contribution in [0.4, 0.5) is 0 Å². The van der Waals surface area contributed by atoms with Gasteiger partial charge in [-0.25, -0.2) is 0 Å². The van der Waals surface area contributed by atoms with Crippen molar-refractivity contribution in [1.82, 2.24) is 20.4 Å². The van der Waals surface area contributed by atoms with E-state index in [4.69, 9.17) is 0 Å². The van der Waals surface area contributed by atoms with Gasteiger partial charge in [0.2, 0.25) is 0 Å². The van der Waals surface area contributed by atoms with Gasteiger partial charge in [0.1, 0.15) is 0 Å². The van der Waals surface area contributed by atoms with Crippen molar-refractivity contribution in [3.05, 3.63) is 17.5 Å². The van der Waals surface area contributed by atoms with Crippen LogP contribution in [-0.4, -0.2) is 41.3 Å². The van der Waals surface area contributed by atoms with Crippen LogP contribution in [0.2, 0.25) is 0 Å². The molecule has 2 unspecified atom stereocenters. The first-order valence-corrected chi connectivity index (χ1v) is 6.12. The van der Waals surface area contributed by atoms with E-state index >= 15 is 0 Å². The SMILES string of the molecule is Cc1[nH]ncc1C(C)NCC1CCCN1C. The maximum Gasteiger partial charge on any atom is 0.0537 e.